The highest BCUT2D eigenvalue weighted by molar-refractivity contribution is 9.10. The highest BCUT2D eigenvalue weighted by Gasteiger charge is 2.12. The molecule has 5 heteroatoms. The van der Waals surface area contributed by atoms with E-state index >= 15 is 0 Å². The van der Waals surface area contributed by atoms with Crippen molar-refractivity contribution in [3.8, 4) is 0 Å². The van der Waals surface area contributed by atoms with Gasteiger partial charge in [-0.05, 0) is 61.5 Å². The number of rotatable bonds is 6. The summed E-state index contributed by atoms with van der Waals surface area (Å²) in [5, 5.41) is 3.99. The van der Waals surface area contributed by atoms with Gasteiger partial charge in [0.1, 0.15) is 5.82 Å². The quantitative estimate of drug-likeness (QED) is 0.686. The first-order valence-electron chi connectivity index (χ1n) is 6.58. The fourth-order valence-electron chi connectivity index (χ4n) is 1.94. The Labute approximate surface area is 142 Å². The minimum atomic E-state index is -0.157. The average molecular weight is 389 g/mol. The smallest absolute Gasteiger partial charge is 0.126 e. The van der Waals surface area contributed by atoms with E-state index in [1.807, 2.05) is 37.4 Å². The summed E-state index contributed by atoms with van der Waals surface area (Å²) >= 11 is 11.0. The molecule has 0 saturated carbocycles. The third kappa shape index (κ3) is 5.29. The van der Waals surface area contributed by atoms with Gasteiger partial charge in [-0.3, -0.25) is 0 Å². The second kappa shape index (κ2) is 8.18. The van der Waals surface area contributed by atoms with E-state index < -0.39 is 0 Å². The highest BCUT2D eigenvalue weighted by atomic mass is 79.9. The van der Waals surface area contributed by atoms with Crippen LogP contribution in [-0.4, -0.2) is 18.8 Å². The predicted octanol–water partition coefficient (Wildman–Crippen LogP) is 5.16. The Kier molecular flexibility index (Phi) is 6.55. The van der Waals surface area contributed by atoms with E-state index in [9.17, 15) is 4.39 Å². The Bertz CT molecular complexity index is 591. The Morgan fingerprint density at radius 3 is 2.62 bits per heavy atom. The van der Waals surface area contributed by atoms with Gasteiger partial charge in [-0.1, -0.05) is 27.5 Å². The van der Waals surface area contributed by atoms with Crippen molar-refractivity contribution in [2.75, 3.05) is 12.8 Å². The van der Waals surface area contributed by atoms with Crippen molar-refractivity contribution in [3.05, 3.63) is 63.3 Å². The Morgan fingerprint density at radius 2 is 1.95 bits per heavy atom. The van der Waals surface area contributed by atoms with E-state index in [0.717, 1.165) is 25.7 Å². The van der Waals surface area contributed by atoms with E-state index in [0.29, 0.717) is 6.42 Å². The molecule has 0 bridgehead atoms. The van der Waals surface area contributed by atoms with Crippen LogP contribution in [0.2, 0.25) is 5.02 Å². The maximum atomic E-state index is 13.8. The molecule has 21 heavy (non-hydrogen) atoms. The molecule has 1 unspecified atom stereocenters. The van der Waals surface area contributed by atoms with Crippen LogP contribution in [0.4, 0.5) is 4.39 Å². The van der Waals surface area contributed by atoms with Crippen LogP contribution in [0.3, 0.4) is 0 Å². The second-order valence-electron chi connectivity index (χ2n) is 4.69. The van der Waals surface area contributed by atoms with Crippen molar-refractivity contribution in [2.45, 2.75) is 17.4 Å². The predicted molar refractivity (Wildman–Crippen MR) is 92.8 cm³/mol. The summed E-state index contributed by atoms with van der Waals surface area (Å²) in [4.78, 5) is 1.16. The van der Waals surface area contributed by atoms with Crippen molar-refractivity contribution >= 4 is 39.3 Å². The number of hydrogen-bond donors (Lipinski definition) is 1. The molecule has 2 aromatic rings. The molecule has 0 heterocycles. The maximum Gasteiger partial charge on any atom is 0.126 e. The summed E-state index contributed by atoms with van der Waals surface area (Å²) in [7, 11) is 1.91. The first-order valence-corrected chi connectivity index (χ1v) is 8.73. The van der Waals surface area contributed by atoms with Gasteiger partial charge in [0, 0.05) is 26.2 Å². The van der Waals surface area contributed by atoms with Gasteiger partial charge in [0.15, 0.2) is 0 Å². The molecule has 112 valence electrons. The van der Waals surface area contributed by atoms with Crippen molar-refractivity contribution in [1.82, 2.24) is 5.32 Å². The van der Waals surface area contributed by atoms with E-state index in [-0.39, 0.29) is 11.9 Å². The minimum absolute atomic E-state index is 0.157. The zero-order valence-corrected chi connectivity index (χ0v) is 14.7. The van der Waals surface area contributed by atoms with Gasteiger partial charge in [0.25, 0.3) is 0 Å². The normalized spacial score (nSPS) is 12.4. The largest absolute Gasteiger partial charge is 0.316 e. The number of thioether (sulfide) groups is 1. The second-order valence-corrected chi connectivity index (χ2v) is 7.14. The SMILES string of the molecule is CNC(CSc1ccc(Cl)cc1)Cc1cc(Br)ccc1F. The zero-order chi connectivity index (χ0) is 15.2. The average Bonchev–Trinajstić information content (AvgIpc) is 2.48. The Hall–Kier alpha value is -0.550. The molecule has 0 aliphatic carbocycles. The summed E-state index contributed by atoms with van der Waals surface area (Å²) in [6, 6.07) is 13.0. The lowest BCUT2D eigenvalue weighted by molar-refractivity contribution is 0.568. The van der Waals surface area contributed by atoms with Crippen molar-refractivity contribution < 1.29 is 4.39 Å². The zero-order valence-electron chi connectivity index (χ0n) is 11.6. The first kappa shape index (κ1) is 16.8. The van der Waals surface area contributed by atoms with E-state index in [1.54, 1.807) is 17.8 Å². The van der Waals surface area contributed by atoms with Gasteiger partial charge >= 0.3 is 0 Å². The Balaban J connectivity index is 1.96. The van der Waals surface area contributed by atoms with Crippen LogP contribution in [-0.2, 0) is 6.42 Å². The fourth-order valence-corrected chi connectivity index (χ4v) is 3.48. The van der Waals surface area contributed by atoms with E-state index in [1.165, 1.54) is 6.07 Å². The van der Waals surface area contributed by atoms with Crippen LogP contribution in [0.25, 0.3) is 0 Å². The molecule has 0 saturated heterocycles. The molecule has 0 fully saturated rings. The van der Waals surface area contributed by atoms with Crippen LogP contribution in [0, 0.1) is 5.82 Å². The Morgan fingerprint density at radius 1 is 1.24 bits per heavy atom. The lowest BCUT2D eigenvalue weighted by Crippen LogP contribution is -2.30. The number of likely N-dealkylation sites (N-methyl/N-ethyl adjacent to an activating group) is 1. The summed E-state index contributed by atoms with van der Waals surface area (Å²) in [6.45, 7) is 0. The standard InChI is InChI=1S/C16H16BrClFNS/c1-20-14(9-11-8-12(17)2-7-16(11)19)10-21-15-5-3-13(18)4-6-15/h2-8,14,20H,9-10H2,1H3. The molecule has 0 amide bonds. The third-order valence-corrected chi connectivity index (χ3v) is 5.07. The molecule has 0 aliphatic heterocycles. The minimum Gasteiger partial charge on any atom is -0.316 e. The molecule has 1 nitrogen and oxygen atoms in total. The maximum absolute atomic E-state index is 13.8. The van der Waals surface area contributed by atoms with Gasteiger partial charge in [-0.15, -0.1) is 11.8 Å². The molecular formula is C16H16BrClFNS. The van der Waals surface area contributed by atoms with Crippen molar-refractivity contribution in [1.29, 1.82) is 0 Å². The van der Waals surface area contributed by atoms with Gasteiger partial charge in [0.05, 0.1) is 0 Å². The van der Waals surface area contributed by atoms with Crippen molar-refractivity contribution in [3.63, 3.8) is 0 Å². The molecule has 1 atom stereocenters. The molecule has 0 spiro atoms. The number of benzene rings is 2. The van der Waals surface area contributed by atoms with Gasteiger partial charge in [-0.25, -0.2) is 4.39 Å². The van der Waals surface area contributed by atoms with Crippen LogP contribution in [0.15, 0.2) is 51.8 Å². The monoisotopic (exact) mass is 387 g/mol. The third-order valence-electron chi connectivity index (χ3n) is 3.15. The summed E-state index contributed by atoms with van der Waals surface area (Å²) < 4.78 is 14.7. The lowest BCUT2D eigenvalue weighted by atomic mass is 10.1. The van der Waals surface area contributed by atoms with E-state index in [2.05, 4.69) is 21.2 Å². The van der Waals surface area contributed by atoms with Gasteiger partial charge in [0.2, 0.25) is 0 Å². The summed E-state index contributed by atoms with van der Waals surface area (Å²) in [6.07, 6.45) is 0.655. The topological polar surface area (TPSA) is 12.0 Å². The number of nitrogens with one attached hydrogen (secondary N) is 1. The molecule has 0 radical (unpaired) electrons. The van der Waals surface area contributed by atoms with Gasteiger partial charge < -0.3 is 5.32 Å². The fraction of sp³-hybridized carbons (Fsp3) is 0.250. The number of hydrogen-bond acceptors (Lipinski definition) is 2. The molecule has 0 aliphatic rings. The van der Waals surface area contributed by atoms with Crippen LogP contribution in [0.1, 0.15) is 5.56 Å². The van der Waals surface area contributed by atoms with E-state index in [4.69, 9.17) is 11.6 Å². The summed E-state index contributed by atoms with van der Waals surface area (Å²) in [5.74, 6) is 0.708. The number of halogens is 3. The van der Waals surface area contributed by atoms with Gasteiger partial charge in [-0.2, -0.15) is 0 Å². The molecular weight excluding hydrogens is 373 g/mol. The lowest BCUT2D eigenvalue weighted by Gasteiger charge is -2.16. The first-order chi connectivity index (χ1) is 10.1. The molecule has 2 rings (SSSR count). The molecule has 1 N–H and O–H groups in total. The van der Waals surface area contributed by atoms with Crippen LogP contribution in [0.5, 0.6) is 0 Å². The van der Waals surface area contributed by atoms with Crippen LogP contribution < -0.4 is 5.32 Å². The summed E-state index contributed by atoms with van der Waals surface area (Å²) in [5.41, 5.74) is 0.723. The van der Waals surface area contributed by atoms with Crippen LogP contribution >= 0.6 is 39.3 Å². The molecule has 2 aromatic carbocycles. The molecule has 0 aromatic heterocycles. The highest BCUT2D eigenvalue weighted by Crippen LogP contribution is 2.23. The van der Waals surface area contributed by atoms with Crippen molar-refractivity contribution in [2.24, 2.45) is 0 Å².